The van der Waals surface area contributed by atoms with Crippen LogP contribution in [-0.2, 0) is 10.3 Å². The molecule has 0 bridgehead atoms. The summed E-state index contributed by atoms with van der Waals surface area (Å²) in [4.78, 5) is 26.2. The number of hydrogen-bond donors (Lipinski definition) is 1. The third-order valence-electron chi connectivity index (χ3n) is 3.83. The van der Waals surface area contributed by atoms with Crippen molar-refractivity contribution >= 4 is 23.3 Å². The standard InChI is InChI=1S/C14H17ClN6O3/c1-8(22)19-14(12-17-9(2)24-20-12)4-5-21(7-14)11-10(15)6-16-13(18-11)23-3/h6H,4-5,7H2,1-3H3,(H,19,22). The largest absolute Gasteiger partial charge is 0.467 e. The Balaban J connectivity index is 1.94. The Hall–Kier alpha value is -2.42. The molecular weight excluding hydrogens is 336 g/mol. The van der Waals surface area contributed by atoms with E-state index in [1.165, 1.54) is 20.2 Å². The van der Waals surface area contributed by atoms with Gasteiger partial charge in [0.15, 0.2) is 11.6 Å². The van der Waals surface area contributed by atoms with Crippen molar-refractivity contribution in [2.45, 2.75) is 25.8 Å². The van der Waals surface area contributed by atoms with Crippen molar-refractivity contribution < 1.29 is 14.1 Å². The second-order valence-corrected chi connectivity index (χ2v) is 6.01. The maximum atomic E-state index is 11.7. The molecule has 9 nitrogen and oxygen atoms in total. The van der Waals surface area contributed by atoms with E-state index in [2.05, 4.69) is 25.4 Å². The van der Waals surface area contributed by atoms with E-state index in [0.717, 1.165) is 0 Å². The molecule has 10 heteroatoms. The molecule has 2 aromatic heterocycles. The highest BCUT2D eigenvalue weighted by Gasteiger charge is 2.45. The second kappa shape index (κ2) is 6.23. The molecule has 24 heavy (non-hydrogen) atoms. The normalized spacial score (nSPS) is 20.2. The third-order valence-corrected chi connectivity index (χ3v) is 4.09. The number of carbonyl (C=O) groups is 1. The van der Waals surface area contributed by atoms with Crippen LogP contribution in [0.2, 0.25) is 5.02 Å². The molecule has 1 amide bonds. The van der Waals surface area contributed by atoms with Gasteiger partial charge in [0.1, 0.15) is 10.6 Å². The van der Waals surface area contributed by atoms with Crippen LogP contribution >= 0.6 is 11.6 Å². The lowest BCUT2D eigenvalue weighted by Gasteiger charge is -2.27. The number of methoxy groups -OCH3 is 1. The topological polar surface area (TPSA) is 106 Å². The zero-order chi connectivity index (χ0) is 17.3. The fourth-order valence-electron chi connectivity index (χ4n) is 2.82. The van der Waals surface area contributed by atoms with Gasteiger partial charge in [0.05, 0.1) is 19.9 Å². The molecule has 1 N–H and O–H groups in total. The summed E-state index contributed by atoms with van der Waals surface area (Å²) in [5, 5.41) is 7.34. The van der Waals surface area contributed by atoms with E-state index in [1.54, 1.807) is 6.92 Å². The smallest absolute Gasteiger partial charge is 0.318 e. The van der Waals surface area contributed by atoms with Crippen molar-refractivity contribution in [1.82, 2.24) is 25.4 Å². The third kappa shape index (κ3) is 2.99. The lowest BCUT2D eigenvalue weighted by molar-refractivity contribution is -0.120. The number of carbonyl (C=O) groups excluding carboxylic acids is 1. The van der Waals surface area contributed by atoms with Crippen LogP contribution in [0.25, 0.3) is 0 Å². The van der Waals surface area contributed by atoms with Gasteiger partial charge in [-0.25, -0.2) is 4.98 Å². The molecule has 1 unspecified atom stereocenters. The van der Waals surface area contributed by atoms with Gasteiger partial charge < -0.3 is 19.5 Å². The maximum Gasteiger partial charge on any atom is 0.318 e. The van der Waals surface area contributed by atoms with Crippen LogP contribution in [0.15, 0.2) is 10.7 Å². The quantitative estimate of drug-likeness (QED) is 0.870. The number of halogens is 1. The van der Waals surface area contributed by atoms with Crippen molar-refractivity contribution in [2.75, 3.05) is 25.1 Å². The van der Waals surface area contributed by atoms with Gasteiger partial charge in [-0.15, -0.1) is 0 Å². The summed E-state index contributed by atoms with van der Waals surface area (Å²) in [5.74, 6) is 1.24. The minimum absolute atomic E-state index is 0.175. The van der Waals surface area contributed by atoms with Gasteiger partial charge in [-0.2, -0.15) is 9.97 Å². The van der Waals surface area contributed by atoms with E-state index in [0.29, 0.717) is 42.1 Å². The molecule has 0 aromatic carbocycles. The Morgan fingerprint density at radius 1 is 1.50 bits per heavy atom. The molecule has 0 radical (unpaired) electrons. The number of aryl methyl sites for hydroxylation is 1. The monoisotopic (exact) mass is 352 g/mol. The summed E-state index contributed by atoms with van der Waals surface area (Å²) in [7, 11) is 1.49. The van der Waals surface area contributed by atoms with Crippen molar-refractivity contribution in [3.05, 3.63) is 22.9 Å². The molecular formula is C14H17ClN6O3. The van der Waals surface area contributed by atoms with Crippen LogP contribution in [-0.4, -0.2) is 46.2 Å². The lowest BCUT2D eigenvalue weighted by atomic mass is 9.97. The number of rotatable bonds is 4. The Morgan fingerprint density at radius 2 is 2.29 bits per heavy atom. The number of hydrogen-bond acceptors (Lipinski definition) is 8. The SMILES string of the molecule is COc1ncc(Cl)c(N2CCC(NC(C)=O)(c3noc(C)n3)C2)n1. The second-order valence-electron chi connectivity index (χ2n) is 5.60. The summed E-state index contributed by atoms with van der Waals surface area (Å²) in [6.45, 7) is 4.17. The number of ether oxygens (including phenoxy) is 1. The number of aromatic nitrogens is 4. The Labute approximate surface area is 143 Å². The molecule has 3 rings (SSSR count). The molecule has 1 atom stereocenters. The van der Waals surface area contributed by atoms with Crippen LogP contribution in [0, 0.1) is 6.92 Å². The van der Waals surface area contributed by atoms with Crippen molar-refractivity contribution in [3.8, 4) is 6.01 Å². The van der Waals surface area contributed by atoms with E-state index >= 15 is 0 Å². The van der Waals surface area contributed by atoms with Gasteiger partial charge in [-0.05, 0) is 6.42 Å². The number of nitrogens with zero attached hydrogens (tertiary/aromatic N) is 5. The maximum absolute atomic E-state index is 11.7. The molecule has 1 fully saturated rings. The van der Waals surface area contributed by atoms with Gasteiger partial charge in [0.2, 0.25) is 11.8 Å². The van der Waals surface area contributed by atoms with Crippen LogP contribution < -0.4 is 15.0 Å². The molecule has 0 saturated carbocycles. The summed E-state index contributed by atoms with van der Waals surface area (Å²) in [6, 6.07) is 0.224. The van der Waals surface area contributed by atoms with E-state index in [4.69, 9.17) is 20.9 Å². The van der Waals surface area contributed by atoms with Crippen LogP contribution in [0.5, 0.6) is 6.01 Å². The van der Waals surface area contributed by atoms with Crippen LogP contribution in [0.3, 0.4) is 0 Å². The van der Waals surface area contributed by atoms with E-state index in [9.17, 15) is 4.79 Å². The summed E-state index contributed by atoms with van der Waals surface area (Å²) in [6.07, 6.45) is 2.08. The molecule has 0 aliphatic carbocycles. The lowest BCUT2D eigenvalue weighted by Crippen LogP contribution is -2.48. The van der Waals surface area contributed by atoms with Crippen LogP contribution in [0.4, 0.5) is 5.82 Å². The minimum Gasteiger partial charge on any atom is -0.467 e. The zero-order valence-corrected chi connectivity index (χ0v) is 14.3. The first-order valence-corrected chi connectivity index (χ1v) is 7.72. The Bertz CT molecular complexity index is 767. The molecule has 128 valence electrons. The predicted molar refractivity (Wildman–Crippen MR) is 85.0 cm³/mol. The highest BCUT2D eigenvalue weighted by atomic mass is 35.5. The number of nitrogens with one attached hydrogen (secondary N) is 1. The minimum atomic E-state index is -0.759. The van der Waals surface area contributed by atoms with Gasteiger partial charge >= 0.3 is 6.01 Å². The van der Waals surface area contributed by atoms with Gasteiger partial charge in [-0.1, -0.05) is 16.8 Å². The van der Waals surface area contributed by atoms with Crippen molar-refractivity contribution in [2.24, 2.45) is 0 Å². The molecule has 0 spiro atoms. The van der Waals surface area contributed by atoms with Gasteiger partial charge in [0, 0.05) is 20.4 Å². The molecule has 1 aliphatic heterocycles. The average molecular weight is 353 g/mol. The number of anilines is 1. The molecule has 2 aromatic rings. The van der Waals surface area contributed by atoms with Gasteiger partial charge in [0.25, 0.3) is 0 Å². The van der Waals surface area contributed by atoms with Crippen molar-refractivity contribution in [1.29, 1.82) is 0 Å². The fourth-order valence-corrected chi connectivity index (χ4v) is 3.03. The Morgan fingerprint density at radius 3 is 2.92 bits per heavy atom. The molecule has 3 heterocycles. The summed E-state index contributed by atoms with van der Waals surface area (Å²) in [5.41, 5.74) is -0.759. The van der Waals surface area contributed by atoms with Crippen molar-refractivity contribution in [3.63, 3.8) is 0 Å². The summed E-state index contributed by atoms with van der Waals surface area (Å²) < 4.78 is 10.1. The van der Waals surface area contributed by atoms with E-state index in [1.807, 2.05) is 4.90 Å². The van der Waals surface area contributed by atoms with E-state index in [-0.39, 0.29) is 11.9 Å². The first-order valence-electron chi connectivity index (χ1n) is 7.34. The van der Waals surface area contributed by atoms with Gasteiger partial charge in [-0.3, -0.25) is 4.79 Å². The van der Waals surface area contributed by atoms with E-state index < -0.39 is 5.54 Å². The number of amides is 1. The van der Waals surface area contributed by atoms with Crippen LogP contribution in [0.1, 0.15) is 25.1 Å². The Kier molecular flexibility index (Phi) is 4.27. The summed E-state index contributed by atoms with van der Waals surface area (Å²) >= 11 is 6.22. The zero-order valence-electron chi connectivity index (χ0n) is 13.5. The molecule has 1 saturated heterocycles. The fraction of sp³-hybridized carbons (Fsp3) is 0.500. The highest BCUT2D eigenvalue weighted by molar-refractivity contribution is 6.32. The first-order chi connectivity index (χ1) is 11.4. The highest BCUT2D eigenvalue weighted by Crippen LogP contribution is 2.35. The first kappa shape index (κ1) is 16.4. The predicted octanol–water partition coefficient (Wildman–Crippen LogP) is 1.07. The average Bonchev–Trinajstić information content (AvgIpc) is 3.15. The molecule has 1 aliphatic rings.